The summed E-state index contributed by atoms with van der Waals surface area (Å²) < 4.78 is 70.5. The largest absolute Gasteiger partial charge is 0.417 e. The number of nitrogens with one attached hydrogen (secondary N) is 1. The molecular formula is C20H22F3N3O4S2. The lowest BCUT2D eigenvalue weighted by Crippen LogP contribution is -2.40. The van der Waals surface area contributed by atoms with Crippen LogP contribution in [0.1, 0.15) is 18.1 Å². The van der Waals surface area contributed by atoms with Crippen LogP contribution in [0.5, 0.6) is 0 Å². The zero-order valence-corrected chi connectivity index (χ0v) is 19.0. The Bertz CT molecular complexity index is 1070. The number of pyridine rings is 1. The Morgan fingerprint density at radius 1 is 1.22 bits per heavy atom. The van der Waals surface area contributed by atoms with E-state index in [0.29, 0.717) is 24.5 Å². The first kappa shape index (κ1) is 24.5. The number of carbonyl (C=O) groups is 1. The summed E-state index contributed by atoms with van der Waals surface area (Å²) in [5.74, 6) is -0.435. The number of carbonyl (C=O) groups excluding carboxylic acids is 1. The third kappa shape index (κ3) is 5.80. The monoisotopic (exact) mass is 489 g/mol. The van der Waals surface area contributed by atoms with E-state index in [9.17, 15) is 26.4 Å². The second-order valence-electron chi connectivity index (χ2n) is 7.13. The predicted octanol–water partition coefficient (Wildman–Crippen LogP) is 3.55. The molecule has 7 nitrogen and oxygen atoms in total. The number of ether oxygens (including phenoxy) is 1. The fourth-order valence-corrected chi connectivity index (χ4v) is 5.43. The van der Waals surface area contributed by atoms with Crippen LogP contribution in [0.15, 0.2) is 46.5 Å². The van der Waals surface area contributed by atoms with Crippen LogP contribution in [-0.4, -0.2) is 55.2 Å². The van der Waals surface area contributed by atoms with Crippen molar-refractivity contribution < 1.29 is 31.1 Å². The Morgan fingerprint density at radius 3 is 2.50 bits per heavy atom. The first-order chi connectivity index (χ1) is 15.0. The van der Waals surface area contributed by atoms with E-state index in [1.54, 1.807) is 26.0 Å². The van der Waals surface area contributed by atoms with Crippen LogP contribution in [0.25, 0.3) is 0 Å². The maximum absolute atomic E-state index is 13.0. The molecule has 174 valence electrons. The average Bonchev–Trinajstić information content (AvgIpc) is 2.75. The van der Waals surface area contributed by atoms with E-state index < -0.39 is 32.9 Å². The van der Waals surface area contributed by atoms with Gasteiger partial charge in [-0.1, -0.05) is 17.8 Å². The lowest BCUT2D eigenvalue weighted by Gasteiger charge is -2.27. The lowest BCUT2D eigenvalue weighted by molar-refractivity contribution is -0.137. The van der Waals surface area contributed by atoms with E-state index in [-0.39, 0.29) is 23.0 Å². The highest BCUT2D eigenvalue weighted by Crippen LogP contribution is 2.31. The van der Waals surface area contributed by atoms with E-state index in [1.807, 2.05) is 0 Å². The van der Waals surface area contributed by atoms with Gasteiger partial charge in [0.05, 0.1) is 33.9 Å². The van der Waals surface area contributed by atoms with Crippen LogP contribution in [0.2, 0.25) is 0 Å². The number of hydrogen-bond donors (Lipinski definition) is 1. The van der Waals surface area contributed by atoms with Crippen LogP contribution in [-0.2, 0) is 25.7 Å². The number of alkyl halides is 3. The summed E-state index contributed by atoms with van der Waals surface area (Å²) >= 11 is 0.995. The summed E-state index contributed by atoms with van der Waals surface area (Å²) in [6.07, 6.45) is -3.76. The van der Waals surface area contributed by atoms with Gasteiger partial charge in [-0.2, -0.15) is 17.5 Å². The lowest BCUT2D eigenvalue weighted by atomic mass is 10.2. The zero-order valence-electron chi connectivity index (χ0n) is 17.3. The molecule has 2 heterocycles. The molecule has 1 aromatic heterocycles. The number of halogens is 3. The van der Waals surface area contributed by atoms with Crippen LogP contribution in [0, 0.1) is 6.92 Å². The van der Waals surface area contributed by atoms with Gasteiger partial charge in [-0.3, -0.25) is 4.79 Å². The van der Waals surface area contributed by atoms with Gasteiger partial charge < -0.3 is 10.1 Å². The molecule has 0 aliphatic carbocycles. The third-order valence-electron chi connectivity index (χ3n) is 4.77. The minimum Gasteiger partial charge on any atom is -0.379 e. The number of sulfonamides is 1. The van der Waals surface area contributed by atoms with Gasteiger partial charge in [0, 0.05) is 25.0 Å². The topological polar surface area (TPSA) is 88.6 Å². The number of benzene rings is 1. The molecule has 1 N–H and O–H groups in total. The number of thioether (sulfide) groups is 1. The Kier molecular flexibility index (Phi) is 7.48. The summed E-state index contributed by atoms with van der Waals surface area (Å²) in [5.41, 5.74) is -0.0150. The Morgan fingerprint density at radius 2 is 1.91 bits per heavy atom. The maximum atomic E-state index is 13.0. The molecule has 1 aromatic carbocycles. The number of anilines is 1. The molecule has 0 spiro atoms. The van der Waals surface area contributed by atoms with Crippen molar-refractivity contribution in [2.45, 2.75) is 35.2 Å². The molecule has 2 aromatic rings. The van der Waals surface area contributed by atoms with E-state index >= 15 is 0 Å². The van der Waals surface area contributed by atoms with Gasteiger partial charge in [-0.25, -0.2) is 13.4 Å². The van der Waals surface area contributed by atoms with Gasteiger partial charge in [0.15, 0.2) is 0 Å². The molecule has 0 saturated carbocycles. The fourth-order valence-electron chi connectivity index (χ4n) is 2.98. The average molecular weight is 490 g/mol. The van der Waals surface area contributed by atoms with Crippen LogP contribution >= 0.6 is 11.8 Å². The normalized spacial score (nSPS) is 16.5. The molecule has 0 radical (unpaired) electrons. The molecule has 1 saturated heterocycles. The van der Waals surface area contributed by atoms with Crippen molar-refractivity contribution in [3.05, 3.63) is 47.7 Å². The van der Waals surface area contributed by atoms with E-state index in [0.717, 1.165) is 24.0 Å². The van der Waals surface area contributed by atoms with Crippen molar-refractivity contribution in [2.75, 3.05) is 31.6 Å². The van der Waals surface area contributed by atoms with Crippen molar-refractivity contribution in [2.24, 2.45) is 0 Å². The Balaban J connectivity index is 1.70. The molecule has 1 aliphatic rings. The predicted molar refractivity (Wildman–Crippen MR) is 114 cm³/mol. The van der Waals surface area contributed by atoms with Crippen LogP contribution in [0.4, 0.5) is 18.9 Å². The molecule has 0 unspecified atom stereocenters. The van der Waals surface area contributed by atoms with Gasteiger partial charge in [-0.15, -0.1) is 0 Å². The highest BCUT2D eigenvalue weighted by atomic mass is 32.2. The number of hydrogen-bond acceptors (Lipinski definition) is 6. The Hall–Kier alpha value is -2.15. The third-order valence-corrected chi connectivity index (χ3v) is 7.87. The summed E-state index contributed by atoms with van der Waals surface area (Å²) in [7, 11) is -3.74. The molecule has 32 heavy (non-hydrogen) atoms. The van der Waals surface area contributed by atoms with Crippen LogP contribution in [0.3, 0.4) is 0 Å². The van der Waals surface area contributed by atoms with E-state index in [4.69, 9.17) is 4.74 Å². The first-order valence-electron chi connectivity index (χ1n) is 9.68. The van der Waals surface area contributed by atoms with Gasteiger partial charge in [0.1, 0.15) is 0 Å². The number of amides is 1. The van der Waals surface area contributed by atoms with Gasteiger partial charge in [-0.05, 0) is 43.7 Å². The van der Waals surface area contributed by atoms with Crippen molar-refractivity contribution in [1.82, 2.24) is 9.29 Å². The van der Waals surface area contributed by atoms with Crippen molar-refractivity contribution in [3.63, 3.8) is 0 Å². The highest BCUT2D eigenvalue weighted by Gasteiger charge is 2.31. The number of nitrogens with zero attached hydrogens (tertiary/aromatic N) is 2. The van der Waals surface area contributed by atoms with Gasteiger partial charge >= 0.3 is 6.18 Å². The molecule has 1 fully saturated rings. The number of morpholine rings is 1. The van der Waals surface area contributed by atoms with Crippen molar-refractivity contribution >= 4 is 33.4 Å². The standard InChI is InChI=1S/C20H22F3N3O4S2/c1-13-3-5-16(11-17(13)32(28,29)26-7-9-30-10-8-26)25-19(27)14(2)31-18-6-4-15(12-24-18)20(21,22)23/h3-6,11-12,14H,7-10H2,1-2H3,(H,25,27)/t14-/m0/s1. The number of rotatable bonds is 6. The molecule has 3 rings (SSSR count). The molecule has 1 aliphatic heterocycles. The SMILES string of the molecule is Cc1ccc(NC(=O)[C@H](C)Sc2ccc(C(F)(F)F)cn2)cc1S(=O)(=O)N1CCOCC1. The summed E-state index contributed by atoms with van der Waals surface area (Å²) in [4.78, 5) is 16.4. The molecule has 1 atom stereocenters. The van der Waals surface area contributed by atoms with E-state index in [1.165, 1.54) is 16.4 Å². The summed E-state index contributed by atoms with van der Waals surface area (Å²) in [6, 6.07) is 6.72. The molecule has 1 amide bonds. The fraction of sp³-hybridized carbons (Fsp3) is 0.400. The number of aryl methyl sites for hydroxylation is 1. The van der Waals surface area contributed by atoms with Gasteiger partial charge in [0.25, 0.3) is 0 Å². The quantitative estimate of drug-likeness (QED) is 0.625. The maximum Gasteiger partial charge on any atom is 0.417 e. The second kappa shape index (κ2) is 9.77. The smallest absolute Gasteiger partial charge is 0.379 e. The van der Waals surface area contributed by atoms with E-state index in [2.05, 4.69) is 10.3 Å². The second-order valence-corrected chi connectivity index (χ2v) is 10.4. The van der Waals surface area contributed by atoms with Crippen molar-refractivity contribution in [3.8, 4) is 0 Å². The zero-order chi connectivity index (χ0) is 23.5. The van der Waals surface area contributed by atoms with Crippen LogP contribution < -0.4 is 5.32 Å². The Labute approximate surface area is 188 Å². The molecular weight excluding hydrogens is 467 g/mol. The summed E-state index contributed by atoms with van der Waals surface area (Å²) in [5, 5.41) is 2.25. The highest BCUT2D eigenvalue weighted by molar-refractivity contribution is 8.00. The molecule has 0 bridgehead atoms. The summed E-state index contributed by atoms with van der Waals surface area (Å²) in [6.45, 7) is 4.41. The first-order valence-corrected chi connectivity index (χ1v) is 12.0. The minimum atomic E-state index is -4.48. The minimum absolute atomic E-state index is 0.0990. The van der Waals surface area contributed by atoms with Gasteiger partial charge in [0.2, 0.25) is 15.9 Å². The van der Waals surface area contributed by atoms with Crippen molar-refractivity contribution in [1.29, 1.82) is 0 Å². The molecule has 12 heteroatoms. The number of aromatic nitrogens is 1.